The molecule has 2 saturated carbocycles. The van der Waals surface area contributed by atoms with Crippen molar-refractivity contribution >= 4 is 5.91 Å². The Balaban J connectivity index is 1.65. The molecular formula is C15H22FNO3. The standard InChI is InChI=1S/C15H22FNO3/c16-13(10-3-1-2-4-10)14(19)17-11-9-12(18)15(11)5-7-20-8-6-15/h11-12,18H,1-9H2,(H,17,19)/t11-,12-/m1/s1. The maximum Gasteiger partial charge on any atom is 0.280 e. The van der Waals surface area contributed by atoms with E-state index in [0.717, 1.165) is 25.7 Å². The molecule has 0 bridgehead atoms. The first kappa shape index (κ1) is 14.0. The van der Waals surface area contributed by atoms with Gasteiger partial charge in [0.1, 0.15) is 0 Å². The molecule has 0 aromatic heterocycles. The van der Waals surface area contributed by atoms with E-state index in [2.05, 4.69) is 5.32 Å². The van der Waals surface area contributed by atoms with Crippen LogP contribution in [0.2, 0.25) is 0 Å². The summed E-state index contributed by atoms with van der Waals surface area (Å²) in [6.07, 6.45) is 4.93. The molecule has 1 aliphatic heterocycles. The summed E-state index contributed by atoms with van der Waals surface area (Å²) in [5, 5.41) is 12.8. The van der Waals surface area contributed by atoms with Gasteiger partial charge in [0.05, 0.1) is 6.10 Å². The number of hydrogen-bond acceptors (Lipinski definition) is 3. The second-order valence-electron chi connectivity index (χ2n) is 6.25. The van der Waals surface area contributed by atoms with Crippen molar-refractivity contribution in [2.24, 2.45) is 5.41 Å². The molecule has 2 N–H and O–H groups in total. The van der Waals surface area contributed by atoms with Gasteiger partial charge in [-0.2, -0.15) is 0 Å². The van der Waals surface area contributed by atoms with Gasteiger partial charge in [0.2, 0.25) is 0 Å². The highest BCUT2D eigenvalue weighted by Crippen LogP contribution is 2.49. The highest BCUT2D eigenvalue weighted by Gasteiger charge is 2.55. The summed E-state index contributed by atoms with van der Waals surface area (Å²) in [5.74, 6) is -1.18. The van der Waals surface area contributed by atoms with Crippen LogP contribution in [0.5, 0.6) is 0 Å². The Morgan fingerprint density at radius 2 is 1.95 bits per heavy atom. The van der Waals surface area contributed by atoms with Gasteiger partial charge in [-0.15, -0.1) is 0 Å². The molecular weight excluding hydrogens is 261 g/mol. The fourth-order valence-corrected chi connectivity index (χ4v) is 3.80. The van der Waals surface area contributed by atoms with Crippen LogP contribution in [0.25, 0.3) is 0 Å². The van der Waals surface area contributed by atoms with E-state index in [1.165, 1.54) is 0 Å². The molecule has 112 valence electrons. The third kappa shape index (κ3) is 2.27. The summed E-state index contributed by atoms with van der Waals surface area (Å²) >= 11 is 0. The van der Waals surface area contributed by atoms with Crippen LogP contribution >= 0.6 is 0 Å². The summed E-state index contributed by atoms with van der Waals surface area (Å²) in [5.41, 5.74) is 0.359. The molecule has 1 saturated heterocycles. The minimum absolute atomic E-state index is 0.123. The first-order valence-corrected chi connectivity index (χ1v) is 7.58. The molecule has 20 heavy (non-hydrogen) atoms. The minimum Gasteiger partial charge on any atom is -0.392 e. The Bertz CT molecular complexity index is 421. The number of aliphatic hydroxyl groups excluding tert-OH is 1. The Kier molecular flexibility index (Phi) is 3.82. The Morgan fingerprint density at radius 1 is 1.30 bits per heavy atom. The molecule has 2 atom stereocenters. The second kappa shape index (κ2) is 5.45. The molecule has 3 rings (SSSR count). The predicted molar refractivity (Wildman–Crippen MR) is 71.6 cm³/mol. The largest absolute Gasteiger partial charge is 0.392 e. The lowest BCUT2D eigenvalue weighted by atomic mass is 9.58. The number of rotatable bonds is 2. The van der Waals surface area contributed by atoms with Gasteiger partial charge in [-0.25, -0.2) is 4.39 Å². The van der Waals surface area contributed by atoms with Crippen molar-refractivity contribution in [1.29, 1.82) is 0 Å². The number of nitrogens with one attached hydrogen (secondary N) is 1. The number of carbonyl (C=O) groups excluding carboxylic acids is 1. The fraction of sp³-hybridized carbons (Fsp3) is 0.800. The zero-order chi connectivity index (χ0) is 14.2. The molecule has 0 aromatic carbocycles. The van der Waals surface area contributed by atoms with Gasteiger partial charge in [0.25, 0.3) is 5.91 Å². The first-order chi connectivity index (χ1) is 9.63. The van der Waals surface area contributed by atoms with Crippen molar-refractivity contribution in [2.75, 3.05) is 13.2 Å². The maximum atomic E-state index is 14.1. The van der Waals surface area contributed by atoms with Gasteiger partial charge in [-0.1, -0.05) is 0 Å². The number of amides is 1. The van der Waals surface area contributed by atoms with Gasteiger partial charge >= 0.3 is 0 Å². The second-order valence-corrected chi connectivity index (χ2v) is 6.25. The van der Waals surface area contributed by atoms with Crippen molar-refractivity contribution in [1.82, 2.24) is 5.32 Å². The Hall–Kier alpha value is -0.940. The molecule has 5 heteroatoms. The lowest BCUT2D eigenvalue weighted by molar-refractivity contribution is -0.155. The lowest BCUT2D eigenvalue weighted by Crippen LogP contribution is -2.65. The van der Waals surface area contributed by atoms with Crippen molar-refractivity contribution < 1.29 is 19.0 Å². The minimum atomic E-state index is -0.593. The van der Waals surface area contributed by atoms with Crippen molar-refractivity contribution in [3.8, 4) is 0 Å². The normalized spacial score (nSPS) is 32.0. The summed E-state index contributed by atoms with van der Waals surface area (Å²) in [4.78, 5) is 12.0. The van der Waals surface area contributed by atoms with E-state index < -0.39 is 17.8 Å². The predicted octanol–water partition coefficient (Wildman–Crippen LogP) is 1.83. The zero-order valence-corrected chi connectivity index (χ0v) is 11.7. The number of halogens is 1. The summed E-state index contributed by atoms with van der Waals surface area (Å²) in [6, 6.07) is -0.123. The van der Waals surface area contributed by atoms with Crippen LogP contribution in [0.4, 0.5) is 4.39 Å². The smallest absolute Gasteiger partial charge is 0.280 e. The number of hydrogen-bond donors (Lipinski definition) is 2. The van der Waals surface area contributed by atoms with Gasteiger partial charge < -0.3 is 15.2 Å². The third-order valence-corrected chi connectivity index (χ3v) is 5.26. The molecule has 4 nitrogen and oxygen atoms in total. The van der Waals surface area contributed by atoms with E-state index in [4.69, 9.17) is 4.74 Å². The number of aliphatic hydroxyl groups is 1. The van der Waals surface area contributed by atoms with E-state index in [1.807, 2.05) is 0 Å². The van der Waals surface area contributed by atoms with Gasteiger partial charge in [0, 0.05) is 24.7 Å². The average Bonchev–Trinajstić information content (AvgIpc) is 3.01. The Labute approximate surface area is 118 Å². The van der Waals surface area contributed by atoms with Crippen LogP contribution in [0.1, 0.15) is 44.9 Å². The zero-order valence-electron chi connectivity index (χ0n) is 11.7. The molecule has 0 radical (unpaired) electrons. The van der Waals surface area contributed by atoms with Crippen molar-refractivity contribution in [3.63, 3.8) is 0 Å². The molecule has 1 amide bonds. The van der Waals surface area contributed by atoms with Crippen molar-refractivity contribution in [3.05, 3.63) is 11.4 Å². The molecule has 0 unspecified atom stereocenters. The van der Waals surface area contributed by atoms with E-state index in [9.17, 15) is 14.3 Å². The highest BCUT2D eigenvalue weighted by molar-refractivity contribution is 5.92. The number of ether oxygens (including phenoxy) is 1. The van der Waals surface area contributed by atoms with Gasteiger partial charge in [-0.05, 0) is 50.5 Å². The van der Waals surface area contributed by atoms with Gasteiger partial charge in [-0.3, -0.25) is 4.79 Å². The molecule has 2 aliphatic carbocycles. The van der Waals surface area contributed by atoms with Crippen LogP contribution in [-0.4, -0.2) is 36.4 Å². The lowest BCUT2D eigenvalue weighted by Gasteiger charge is -2.55. The summed E-state index contributed by atoms with van der Waals surface area (Å²) in [7, 11) is 0. The Morgan fingerprint density at radius 3 is 2.55 bits per heavy atom. The third-order valence-electron chi connectivity index (χ3n) is 5.26. The van der Waals surface area contributed by atoms with Gasteiger partial charge in [0.15, 0.2) is 5.83 Å². The SMILES string of the molecule is O=C(N[C@@H]1C[C@@H](O)C12CCOCC2)C(F)=C1CCCC1. The number of allylic oxidation sites excluding steroid dienone is 1. The summed E-state index contributed by atoms with van der Waals surface area (Å²) in [6.45, 7) is 1.21. The van der Waals surface area contributed by atoms with Crippen LogP contribution in [0, 0.1) is 5.41 Å². The molecule has 1 heterocycles. The quantitative estimate of drug-likeness (QED) is 0.760. The molecule has 1 spiro atoms. The van der Waals surface area contributed by atoms with Crippen LogP contribution in [0.3, 0.4) is 0 Å². The fourth-order valence-electron chi connectivity index (χ4n) is 3.80. The number of carbonyl (C=O) groups is 1. The van der Waals surface area contributed by atoms with E-state index in [-0.39, 0.29) is 11.5 Å². The maximum absolute atomic E-state index is 14.1. The monoisotopic (exact) mass is 283 g/mol. The topological polar surface area (TPSA) is 58.6 Å². The average molecular weight is 283 g/mol. The van der Waals surface area contributed by atoms with E-state index >= 15 is 0 Å². The van der Waals surface area contributed by atoms with Crippen LogP contribution in [-0.2, 0) is 9.53 Å². The van der Waals surface area contributed by atoms with Crippen molar-refractivity contribution in [2.45, 2.75) is 57.1 Å². The first-order valence-electron chi connectivity index (χ1n) is 7.58. The van der Waals surface area contributed by atoms with E-state index in [0.29, 0.717) is 38.0 Å². The molecule has 3 fully saturated rings. The highest BCUT2D eigenvalue weighted by atomic mass is 19.1. The summed E-state index contributed by atoms with van der Waals surface area (Å²) < 4.78 is 19.4. The van der Waals surface area contributed by atoms with Crippen LogP contribution < -0.4 is 5.32 Å². The molecule has 0 aromatic rings. The van der Waals surface area contributed by atoms with E-state index in [1.54, 1.807) is 0 Å². The molecule has 3 aliphatic rings. The van der Waals surface area contributed by atoms with Crippen LogP contribution in [0.15, 0.2) is 11.4 Å².